The van der Waals surface area contributed by atoms with Crippen LogP contribution in [0.3, 0.4) is 0 Å². The monoisotopic (exact) mass is 475 g/mol. The van der Waals surface area contributed by atoms with Gasteiger partial charge >= 0.3 is 0 Å². The third-order valence-electron chi connectivity index (χ3n) is 6.49. The van der Waals surface area contributed by atoms with Crippen molar-refractivity contribution in [3.63, 3.8) is 0 Å². The van der Waals surface area contributed by atoms with Crippen LogP contribution in [0.2, 0.25) is 0 Å². The lowest BCUT2D eigenvalue weighted by atomic mass is 10.0. The van der Waals surface area contributed by atoms with Crippen molar-refractivity contribution in [2.45, 2.75) is 30.9 Å². The van der Waals surface area contributed by atoms with Crippen LogP contribution in [0, 0.1) is 12.3 Å². The van der Waals surface area contributed by atoms with E-state index < -0.39 is 15.1 Å². The summed E-state index contributed by atoms with van der Waals surface area (Å²) in [5.74, 6) is 0.305. The summed E-state index contributed by atoms with van der Waals surface area (Å²) in [5, 5.41) is 2.24. The molecule has 1 unspecified atom stereocenters. The standard InChI is InChI=1S/C27H27N2O4S/c30-26(17-19-7-13-24(14-8-19)34(32,33)18-20-5-6-20)28-23-11-9-22(10-12-23)27(31)29-16-15-21-3-1-2-4-25(21)29/h1-4,7-14,20,24H,5-6,15-18H2,(H,28,30). The second kappa shape index (κ2) is 9.22. The minimum absolute atomic E-state index is 0.0537. The number of nitrogens with one attached hydrogen (secondary N) is 1. The average molecular weight is 476 g/mol. The summed E-state index contributed by atoms with van der Waals surface area (Å²) >= 11 is 0. The molecule has 175 valence electrons. The van der Waals surface area contributed by atoms with Gasteiger partial charge in [-0.1, -0.05) is 36.4 Å². The van der Waals surface area contributed by atoms with Crippen LogP contribution in [0.5, 0.6) is 0 Å². The number of amides is 2. The number of para-hydroxylation sites is 1. The molecule has 2 aromatic carbocycles. The average Bonchev–Trinajstić information content (AvgIpc) is 3.53. The molecule has 1 aliphatic heterocycles. The van der Waals surface area contributed by atoms with E-state index in [2.05, 4.69) is 5.32 Å². The SMILES string of the molecule is O=C(CC1=C[CH]C(S(=O)(=O)CC2CC2)C=C1)Nc1ccc(C(=O)N2CCc3ccccc32)cc1. The van der Waals surface area contributed by atoms with Crippen molar-refractivity contribution in [1.29, 1.82) is 0 Å². The Bertz CT molecular complexity index is 1270. The molecule has 1 atom stereocenters. The summed E-state index contributed by atoms with van der Waals surface area (Å²) in [6.45, 7) is 0.666. The lowest BCUT2D eigenvalue weighted by Crippen LogP contribution is -2.28. The lowest BCUT2D eigenvalue weighted by molar-refractivity contribution is -0.115. The molecule has 1 N–H and O–H groups in total. The van der Waals surface area contributed by atoms with Crippen LogP contribution < -0.4 is 10.2 Å². The summed E-state index contributed by atoms with van der Waals surface area (Å²) in [4.78, 5) is 27.2. The number of rotatable bonds is 7. The van der Waals surface area contributed by atoms with Crippen molar-refractivity contribution in [2.75, 3.05) is 22.5 Å². The molecule has 2 aromatic rings. The fraction of sp³-hybridized carbons (Fsp3) is 0.296. The highest BCUT2D eigenvalue weighted by Crippen LogP contribution is 2.33. The summed E-state index contributed by atoms with van der Waals surface area (Å²) in [6, 6.07) is 14.8. The fourth-order valence-electron chi connectivity index (χ4n) is 4.43. The minimum Gasteiger partial charge on any atom is -0.326 e. The van der Waals surface area contributed by atoms with Gasteiger partial charge in [0.1, 0.15) is 0 Å². The first kappa shape index (κ1) is 22.6. The largest absolute Gasteiger partial charge is 0.326 e. The smallest absolute Gasteiger partial charge is 0.258 e. The van der Waals surface area contributed by atoms with Crippen LogP contribution in [0.25, 0.3) is 0 Å². The Morgan fingerprint density at radius 3 is 2.50 bits per heavy atom. The van der Waals surface area contributed by atoms with Crippen LogP contribution in [0.4, 0.5) is 11.4 Å². The molecular formula is C27H27N2O4S. The van der Waals surface area contributed by atoms with E-state index in [0.717, 1.165) is 30.5 Å². The maximum Gasteiger partial charge on any atom is 0.258 e. The zero-order valence-electron chi connectivity index (χ0n) is 18.8. The molecule has 3 aliphatic rings. The fourth-order valence-corrected chi connectivity index (χ4v) is 6.28. The quantitative estimate of drug-likeness (QED) is 0.653. The third-order valence-corrected chi connectivity index (χ3v) is 8.57. The topological polar surface area (TPSA) is 83.5 Å². The van der Waals surface area contributed by atoms with Crippen molar-refractivity contribution >= 4 is 33.0 Å². The number of hydrogen-bond acceptors (Lipinski definition) is 4. The zero-order chi connectivity index (χ0) is 23.7. The van der Waals surface area contributed by atoms with Gasteiger partial charge in [0, 0.05) is 29.9 Å². The van der Waals surface area contributed by atoms with Gasteiger partial charge in [0.25, 0.3) is 5.91 Å². The molecule has 0 spiro atoms. The van der Waals surface area contributed by atoms with Crippen LogP contribution in [-0.4, -0.2) is 37.8 Å². The van der Waals surface area contributed by atoms with Gasteiger partial charge in [0.2, 0.25) is 5.91 Å². The van der Waals surface area contributed by atoms with Crippen molar-refractivity contribution in [3.8, 4) is 0 Å². The summed E-state index contributed by atoms with van der Waals surface area (Å²) < 4.78 is 24.8. The number of carbonyl (C=O) groups excluding carboxylic acids is 2. The molecule has 2 aliphatic carbocycles. The molecule has 1 heterocycles. The molecular weight excluding hydrogens is 448 g/mol. The molecule has 1 saturated carbocycles. The van der Waals surface area contributed by atoms with Crippen molar-refractivity contribution < 1.29 is 18.0 Å². The van der Waals surface area contributed by atoms with Gasteiger partial charge in [0.05, 0.1) is 17.4 Å². The molecule has 34 heavy (non-hydrogen) atoms. The van der Waals surface area contributed by atoms with Gasteiger partial charge in [-0.15, -0.1) is 0 Å². The molecule has 1 fully saturated rings. The van der Waals surface area contributed by atoms with E-state index in [1.54, 1.807) is 53.8 Å². The Balaban J connectivity index is 1.15. The van der Waals surface area contributed by atoms with Gasteiger partial charge in [0.15, 0.2) is 9.84 Å². The Morgan fingerprint density at radius 1 is 1.03 bits per heavy atom. The van der Waals surface area contributed by atoms with Gasteiger partial charge in [-0.05, 0) is 66.6 Å². The van der Waals surface area contributed by atoms with Crippen molar-refractivity contribution in [1.82, 2.24) is 0 Å². The van der Waals surface area contributed by atoms with Crippen LogP contribution in [0.15, 0.2) is 72.3 Å². The normalized spacial score (nSPS) is 19.5. The van der Waals surface area contributed by atoms with E-state index >= 15 is 0 Å². The lowest BCUT2D eigenvalue weighted by Gasteiger charge is -2.18. The van der Waals surface area contributed by atoms with E-state index in [-0.39, 0.29) is 24.0 Å². The minimum atomic E-state index is -3.17. The molecule has 0 saturated heterocycles. The Morgan fingerprint density at radius 2 is 1.79 bits per heavy atom. The molecule has 2 amide bonds. The van der Waals surface area contributed by atoms with Gasteiger partial charge in [-0.3, -0.25) is 9.59 Å². The Labute approximate surface area is 200 Å². The van der Waals surface area contributed by atoms with Crippen molar-refractivity contribution in [2.24, 2.45) is 5.92 Å². The second-order valence-corrected chi connectivity index (χ2v) is 11.4. The highest BCUT2D eigenvalue weighted by Gasteiger charge is 2.32. The first-order valence-electron chi connectivity index (χ1n) is 11.6. The molecule has 6 nitrogen and oxygen atoms in total. The van der Waals surface area contributed by atoms with E-state index in [1.165, 1.54) is 5.56 Å². The number of anilines is 2. The van der Waals surface area contributed by atoms with Crippen molar-refractivity contribution in [3.05, 3.63) is 89.9 Å². The number of carbonyl (C=O) groups is 2. The van der Waals surface area contributed by atoms with Crippen LogP contribution in [-0.2, 0) is 21.1 Å². The number of nitrogens with zero attached hydrogens (tertiary/aromatic N) is 1. The first-order chi connectivity index (χ1) is 16.4. The van der Waals surface area contributed by atoms with Crippen LogP contribution >= 0.6 is 0 Å². The van der Waals surface area contributed by atoms with Gasteiger partial charge in [-0.25, -0.2) is 8.42 Å². The predicted octanol–water partition coefficient (Wildman–Crippen LogP) is 4.11. The van der Waals surface area contributed by atoms with E-state index in [9.17, 15) is 18.0 Å². The highest BCUT2D eigenvalue weighted by atomic mass is 32.2. The van der Waals surface area contributed by atoms with E-state index in [0.29, 0.717) is 23.7 Å². The highest BCUT2D eigenvalue weighted by molar-refractivity contribution is 7.92. The van der Waals surface area contributed by atoms with E-state index in [1.807, 2.05) is 24.3 Å². The number of allylic oxidation sites excluding steroid dienone is 2. The maximum absolute atomic E-state index is 12.9. The summed E-state index contributed by atoms with van der Waals surface area (Å²) in [6.07, 6.45) is 9.78. The number of fused-ring (bicyclic) bond motifs is 1. The molecule has 7 heteroatoms. The Kier molecular flexibility index (Phi) is 6.13. The number of benzene rings is 2. The molecule has 0 bridgehead atoms. The van der Waals surface area contributed by atoms with E-state index in [4.69, 9.17) is 0 Å². The molecule has 1 radical (unpaired) electrons. The predicted molar refractivity (Wildman–Crippen MR) is 133 cm³/mol. The second-order valence-electron chi connectivity index (χ2n) is 9.17. The maximum atomic E-state index is 12.9. The van der Waals surface area contributed by atoms with Crippen LogP contribution in [0.1, 0.15) is 35.2 Å². The Hall–Kier alpha value is -3.19. The first-order valence-corrected chi connectivity index (χ1v) is 13.3. The summed E-state index contributed by atoms with van der Waals surface area (Å²) in [7, 11) is -3.17. The number of sulfone groups is 1. The van der Waals surface area contributed by atoms with Gasteiger partial charge < -0.3 is 10.2 Å². The number of hydrogen-bond donors (Lipinski definition) is 1. The molecule has 5 rings (SSSR count). The third kappa shape index (κ3) is 4.99. The summed E-state index contributed by atoms with van der Waals surface area (Å²) in [5.41, 5.74) is 4.07. The van der Waals surface area contributed by atoms with Gasteiger partial charge in [-0.2, -0.15) is 0 Å². The molecule has 0 aromatic heterocycles. The zero-order valence-corrected chi connectivity index (χ0v) is 19.6.